The van der Waals surface area contributed by atoms with E-state index in [-0.39, 0.29) is 0 Å². The molecule has 0 saturated heterocycles. The summed E-state index contributed by atoms with van der Waals surface area (Å²) in [5, 5.41) is 0. The van der Waals surface area contributed by atoms with Crippen molar-refractivity contribution < 1.29 is 0 Å². The first-order valence-electron chi connectivity index (χ1n) is 19.4. The van der Waals surface area contributed by atoms with Gasteiger partial charge in [0.1, 0.15) is 0 Å². The van der Waals surface area contributed by atoms with E-state index in [0.29, 0.717) is 17.5 Å². The zero-order valence-electron chi connectivity index (χ0n) is 31.0. The fourth-order valence-corrected chi connectivity index (χ4v) is 9.00. The Bertz CT molecular complexity index is 2900. The predicted molar refractivity (Wildman–Crippen MR) is 233 cm³/mol. The molecule has 0 atom stereocenters. The minimum Gasteiger partial charge on any atom is -0.208 e. The summed E-state index contributed by atoms with van der Waals surface area (Å²) in [4.78, 5) is 15.7. The van der Waals surface area contributed by atoms with Gasteiger partial charge in [-0.2, -0.15) is 0 Å². The average molecular weight is 726 g/mol. The average Bonchev–Trinajstić information content (AvgIpc) is 3.50. The van der Waals surface area contributed by atoms with Crippen LogP contribution in [0.15, 0.2) is 200 Å². The molecule has 266 valence electrons. The van der Waals surface area contributed by atoms with Crippen LogP contribution in [0.25, 0.3) is 79.7 Å². The number of fused-ring (bicyclic) bond motifs is 9. The molecule has 0 N–H and O–H groups in total. The molecule has 0 unspecified atom stereocenters. The van der Waals surface area contributed by atoms with Crippen molar-refractivity contribution in [3.05, 3.63) is 234 Å². The Morgan fingerprint density at radius 3 is 1.26 bits per heavy atom. The molecule has 9 aromatic rings. The minimum atomic E-state index is -0.494. The number of hydrogen-bond donors (Lipinski definition) is 0. The van der Waals surface area contributed by atoms with Crippen LogP contribution in [0.2, 0.25) is 0 Å². The summed E-state index contributed by atoms with van der Waals surface area (Å²) in [6.07, 6.45) is 4.54. The molecule has 0 fully saturated rings. The summed E-state index contributed by atoms with van der Waals surface area (Å²) in [5.41, 5.74) is 16.8. The summed E-state index contributed by atoms with van der Waals surface area (Å²) in [6.45, 7) is 0. The van der Waals surface area contributed by atoms with E-state index in [1.54, 1.807) is 0 Å². The Morgan fingerprint density at radius 1 is 0.263 bits per heavy atom. The lowest BCUT2D eigenvalue weighted by molar-refractivity contribution is 0.766. The van der Waals surface area contributed by atoms with E-state index in [1.807, 2.05) is 18.2 Å². The van der Waals surface area contributed by atoms with Gasteiger partial charge in [0.25, 0.3) is 0 Å². The first-order valence-corrected chi connectivity index (χ1v) is 19.4. The maximum absolute atomic E-state index is 5.31. The van der Waals surface area contributed by atoms with Crippen molar-refractivity contribution in [2.24, 2.45) is 0 Å². The van der Waals surface area contributed by atoms with Crippen molar-refractivity contribution in [3.63, 3.8) is 0 Å². The summed E-state index contributed by atoms with van der Waals surface area (Å²) < 4.78 is 0. The molecule has 0 bridgehead atoms. The number of hydrogen-bond acceptors (Lipinski definition) is 3. The molecule has 0 saturated carbocycles. The first kappa shape index (κ1) is 32.9. The summed E-state index contributed by atoms with van der Waals surface area (Å²) in [7, 11) is 0. The molecule has 11 rings (SSSR count). The molecule has 1 spiro atoms. The van der Waals surface area contributed by atoms with E-state index in [2.05, 4.69) is 194 Å². The Hall–Kier alpha value is -7.49. The highest BCUT2D eigenvalue weighted by Gasteiger charge is 2.48. The SMILES string of the molecule is C1=Cc2ccccc2C2(c3ccccc31)c1ccccc1-c1cc(-c3nc(-c4ccccc4)nc(-c4cc(-c5ccccc5)cc(-c5ccccc5)c4)n3)ccc12. The normalized spacial score (nSPS) is 13.0. The van der Waals surface area contributed by atoms with Gasteiger partial charge in [-0.25, -0.2) is 15.0 Å². The summed E-state index contributed by atoms with van der Waals surface area (Å²) in [6, 6.07) is 71.3. The van der Waals surface area contributed by atoms with E-state index in [4.69, 9.17) is 15.0 Å². The van der Waals surface area contributed by atoms with Crippen LogP contribution in [0.5, 0.6) is 0 Å². The highest BCUT2D eigenvalue weighted by molar-refractivity contribution is 5.92. The van der Waals surface area contributed by atoms with Gasteiger partial charge < -0.3 is 0 Å². The smallest absolute Gasteiger partial charge is 0.164 e. The zero-order valence-corrected chi connectivity index (χ0v) is 31.0. The van der Waals surface area contributed by atoms with Gasteiger partial charge in [0.15, 0.2) is 17.5 Å². The molecule has 0 amide bonds. The van der Waals surface area contributed by atoms with E-state index in [1.165, 1.54) is 44.5 Å². The third kappa shape index (κ3) is 5.39. The largest absolute Gasteiger partial charge is 0.208 e. The second-order valence-corrected chi connectivity index (χ2v) is 14.8. The predicted octanol–water partition coefficient (Wildman–Crippen LogP) is 13.1. The fourth-order valence-electron chi connectivity index (χ4n) is 9.00. The highest BCUT2D eigenvalue weighted by atomic mass is 15.0. The maximum atomic E-state index is 5.31. The van der Waals surface area contributed by atoms with Crippen LogP contribution in [0.4, 0.5) is 0 Å². The summed E-state index contributed by atoms with van der Waals surface area (Å²) in [5.74, 6) is 1.90. The first-order chi connectivity index (χ1) is 28.2. The summed E-state index contributed by atoms with van der Waals surface area (Å²) >= 11 is 0. The second kappa shape index (κ2) is 13.4. The number of nitrogens with zero attached hydrogens (tertiary/aromatic N) is 3. The van der Waals surface area contributed by atoms with E-state index in [9.17, 15) is 0 Å². The van der Waals surface area contributed by atoms with Gasteiger partial charge >= 0.3 is 0 Å². The Balaban J connectivity index is 1.14. The van der Waals surface area contributed by atoms with Crippen molar-refractivity contribution in [2.75, 3.05) is 0 Å². The Kier molecular flexibility index (Phi) is 7.71. The van der Waals surface area contributed by atoms with E-state index < -0.39 is 5.41 Å². The highest BCUT2D eigenvalue weighted by Crippen LogP contribution is 2.58. The fraction of sp³-hybridized carbons (Fsp3) is 0.0185. The molecule has 1 aromatic heterocycles. The van der Waals surface area contributed by atoms with Crippen LogP contribution in [0, 0.1) is 0 Å². The van der Waals surface area contributed by atoms with Gasteiger partial charge in [0, 0.05) is 16.7 Å². The van der Waals surface area contributed by atoms with Crippen LogP contribution < -0.4 is 0 Å². The van der Waals surface area contributed by atoms with Gasteiger partial charge in [-0.1, -0.05) is 188 Å². The third-order valence-electron chi connectivity index (χ3n) is 11.5. The molecule has 0 aliphatic heterocycles. The van der Waals surface area contributed by atoms with Crippen LogP contribution in [-0.4, -0.2) is 15.0 Å². The van der Waals surface area contributed by atoms with Crippen molar-refractivity contribution in [2.45, 2.75) is 5.41 Å². The third-order valence-corrected chi connectivity index (χ3v) is 11.5. The molecule has 8 aromatic carbocycles. The van der Waals surface area contributed by atoms with E-state index >= 15 is 0 Å². The van der Waals surface area contributed by atoms with E-state index in [0.717, 1.165) is 38.9 Å². The molecule has 1 heterocycles. The lowest BCUT2D eigenvalue weighted by atomic mass is 9.66. The molecule has 3 heteroatoms. The Morgan fingerprint density at radius 2 is 0.684 bits per heavy atom. The molecule has 0 radical (unpaired) electrons. The van der Waals surface area contributed by atoms with Crippen molar-refractivity contribution in [3.8, 4) is 67.5 Å². The van der Waals surface area contributed by atoms with Crippen LogP contribution >= 0.6 is 0 Å². The Labute approximate surface area is 332 Å². The zero-order chi connectivity index (χ0) is 37.8. The topological polar surface area (TPSA) is 38.7 Å². The molecule has 2 aliphatic rings. The van der Waals surface area contributed by atoms with Crippen molar-refractivity contribution in [1.82, 2.24) is 15.0 Å². The minimum absolute atomic E-state index is 0.494. The lowest BCUT2D eigenvalue weighted by Crippen LogP contribution is -2.29. The van der Waals surface area contributed by atoms with Gasteiger partial charge in [0.2, 0.25) is 0 Å². The standard InChI is InChI=1S/C54H35N3/c1-4-16-36(17-5-1)42-32-43(37-18-6-2-7-19-37)34-44(33-42)53-56-51(40-22-8-3-9-23-40)55-52(57-53)41-30-31-50-46(35-41)45-24-12-15-27-49(45)54(50)47-25-13-10-20-38(47)28-29-39-21-11-14-26-48(39)54/h1-35H. The van der Waals surface area contributed by atoms with Gasteiger partial charge in [0.05, 0.1) is 5.41 Å². The molecule has 57 heavy (non-hydrogen) atoms. The molecule has 2 aliphatic carbocycles. The quantitative estimate of drug-likeness (QED) is 0.177. The molecular weight excluding hydrogens is 691 g/mol. The lowest BCUT2D eigenvalue weighted by Gasteiger charge is -2.35. The molecular formula is C54H35N3. The second-order valence-electron chi connectivity index (χ2n) is 14.8. The number of aromatic nitrogens is 3. The van der Waals surface area contributed by atoms with Crippen molar-refractivity contribution in [1.29, 1.82) is 0 Å². The number of rotatable bonds is 5. The molecule has 3 nitrogen and oxygen atoms in total. The van der Waals surface area contributed by atoms with Crippen LogP contribution in [0.3, 0.4) is 0 Å². The number of benzene rings is 8. The maximum Gasteiger partial charge on any atom is 0.164 e. The van der Waals surface area contributed by atoms with Gasteiger partial charge in [-0.15, -0.1) is 0 Å². The van der Waals surface area contributed by atoms with Gasteiger partial charge in [-0.05, 0) is 91.0 Å². The van der Waals surface area contributed by atoms with Crippen LogP contribution in [0.1, 0.15) is 33.4 Å². The monoisotopic (exact) mass is 725 g/mol. The van der Waals surface area contributed by atoms with Gasteiger partial charge in [-0.3, -0.25) is 0 Å². The van der Waals surface area contributed by atoms with Crippen molar-refractivity contribution >= 4 is 12.2 Å². The van der Waals surface area contributed by atoms with Crippen LogP contribution in [-0.2, 0) is 5.41 Å².